The Hall–Kier alpha value is -2.33. The van der Waals surface area contributed by atoms with E-state index in [2.05, 4.69) is 0 Å². The monoisotopic (exact) mass is 254 g/mol. The second-order valence-electron chi connectivity index (χ2n) is 4.62. The van der Waals surface area contributed by atoms with Crippen LogP contribution >= 0.6 is 0 Å². The molecule has 4 nitrogen and oxygen atoms in total. The van der Waals surface area contributed by atoms with Gasteiger partial charge in [0, 0.05) is 5.39 Å². The maximum absolute atomic E-state index is 12.0. The summed E-state index contributed by atoms with van der Waals surface area (Å²) in [6, 6.07) is 11.5. The van der Waals surface area contributed by atoms with Gasteiger partial charge in [-0.3, -0.25) is 0 Å². The summed E-state index contributed by atoms with van der Waals surface area (Å²) >= 11 is 0. The number of aliphatic hydroxyl groups is 1. The van der Waals surface area contributed by atoms with Crippen LogP contribution in [0.1, 0.15) is 11.7 Å². The maximum atomic E-state index is 12.0. The number of aliphatic hydroxyl groups excluding tert-OH is 1. The van der Waals surface area contributed by atoms with Crippen molar-refractivity contribution in [3.63, 3.8) is 0 Å². The summed E-state index contributed by atoms with van der Waals surface area (Å²) in [7, 11) is 0. The summed E-state index contributed by atoms with van der Waals surface area (Å²) in [5, 5.41) is 12.3. The molecular weight excluding hydrogens is 244 g/mol. The SMILES string of the molecule is O=c1oc2c(ccc3ccccc32)c2c1C(O)CO2. The lowest BCUT2D eigenvalue weighted by Crippen LogP contribution is -2.09. The zero-order valence-electron chi connectivity index (χ0n) is 9.92. The number of benzene rings is 2. The predicted octanol–water partition coefficient (Wildman–Crippen LogP) is 2.37. The molecule has 1 aliphatic rings. The fraction of sp³-hybridized carbons (Fsp3) is 0.133. The molecule has 0 saturated heterocycles. The first kappa shape index (κ1) is 10.6. The first-order valence-electron chi connectivity index (χ1n) is 6.05. The van der Waals surface area contributed by atoms with Gasteiger partial charge in [0.1, 0.15) is 29.6 Å². The van der Waals surface area contributed by atoms with E-state index in [9.17, 15) is 9.90 Å². The lowest BCUT2D eigenvalue weighted by Gasteiger charge is -2.06. The molecule has 4 heteroatoms. The molecule has 1 N–H and O–H groups in total. The van der Waals surface area contributed by atoms with E-state index in [1.807, 2.05) is 36.4 Å². The summed E-state index contributed by atoms with van der Waals surface area (Å²) in [6.45, 7) is 0.103. The second kappa shape index (κ2) is 3.59. The highest BCUT2D eigenvalue weighted by Gasteiger charge is 2.29. The van der Waals surface area contributed by atoms with Gasteiger partial charge in [0.15, 0.2) is 0 Å². The minimum absolute atomic E-state index is 0.103. The minimum atomic E-state index is -0.901. The largest absolute Gasteiger partial charge is 0.489 e. The molecule has 0 saturated carbocycles. The van der Waals surface area contributed by atoms with E-state index in [1.165, 1.54) is 0 Å². The molecule has 1 aromatic heterocycles. The molecule has 0 amide bonds. The van der Waals surface area contributed by atoms with Crippen LogP contribution < -0.4 is 10.4 Å². The average Bonchev–Trinajstić information content (AvgIpc) is 2.82. The maximum Gasteiger partial charge on any atom is 0.346 e. The first-order valence-corrected chi connectivity index (χ1v) is 6.05. The van der Waals surface area contributed by atoms with Crippen LogP contribution in [0.15, 0.2) is 45.6 Å². The summed E-state index contributed by atoms with van der Waals surface area (Å²) in [4.78, 5) is 12.0. The smallest absolute Gasteiger partial charge is 0.346 e. The molecule has 2 aromatic carbocycles. The van der Waals surface area contributed by atoms with Gasteiger partial charge in [-0.15, -0.1) is 0 Å². The first-order chi connectivity index (χ1) is 9.25. The van der Waals surface area contributed by atoms with Crippen LogP contribution in [0.5, 0.6) is 5.75 Å². The molecule has 2 heterocycles. The molecule has 0 fully saturated rings. The summed E-state index contributed by atoms with van der Waals surface area (Å²) < 4.78 is 10.8. The van der Waals surface area contributed by atoms with Gasteiger partial charge < -0.3 is 14.3 Å². The Bertz CT molecular complexity index is 863. The van der Waals surface area contributed by atoms with E-state index in [0.29, 0.717) is 11.3 Å². The number of hydrogen-bond donors (Lipinski definition) is 1. The van der Waals surface area contributed by atoms with Gasteiger partial charge in [0.05, 0.1) is 5.39 Å². The fourth-order valence-electron chi connectivity index (χ4n) is 2.61. The molecule has 3 aromatic rings. The minimum Gasteiger partial charge on any atom is -0.489 e. The van der Waals surface area contributed by atoms with Crippen LogP contribution in [0.2, 0.25) is 0 Å². The van der Waals surface area contributed by atoms with Crippen molar-refractivity contribution >= 4 is 21.7 Å². The molecule has 0 radical (unpaired) electrons. The summed E-state index contributed by atoms with van der Waals surface area (Å²) in [6.07, 6.45) is -0.901. The third-order valence-electron chi connectivity index (χ3n) is 3.50. The van der Waals surface area contributed by atoms with Crippen molar-refractivity contribution in [2.24, 2.45) is 0 Å². The van der Waals surface area contributed by atoms with Crippen molar-refractivity contribution in [1.82, 2.24) is 0 Å². The Balaban J connectivity index is 2.24. The zero-order chi connectivity index (χ0) is 13.0. The normalized spacial score (nSPS) is 17.6. The Morgan fingerprint density at radius 2 is 1.95 bits per heavy atom. The van der Waals surface area contributed by atoms with Gasteiger partial charge in [-0.25, -0.2) is 4.79 Å². The van der Waals surface area contributed by atoms with Gasteiger partial charge in [-0.2, -0.15) is 0 Å². The molecule has 0 bridgehead atoms. The van der Waals surface area contributed by atoms with Gasteiger partial charge in [0.25, 0.3) is 0 Å². The van der Waals surface area contributed by atoms with E-state index in [-0.39, 0.29) is 12.2 Å². The lowest BCUT2D eigenvalue weighted by molar-refractivity contribution is 0.139. The van der Waals surface area contributed by atoms with E-state index >= 15 is 0 Å². The molecule has 0 aliphatic carbocycles. The zero-order valence-corrected chi connectivity index (χ0v) is 9.92. The van der Waals surface area contributed by atoms with Crippen molar-refractivity contribution < 1.29 is 14.3 Å². The molecular formula is C15H10O4. The topological polar surface area (TPSA) is 59.7 Å². The summed E-state index contributed by atoms with van der Waals surface area (Å²) in [5.41, 5.74) is 0.211. The third-order valence-corrected chi connectivity index (χ3v) is 3.50. The van der Waals surface area contributed by atoms with Crippen molar-refractivity contribution in [2.75, 3.05) is 6.61 Å². The highest BCUT2D eigenvalue weighted by molar-refractivity contribution is 6.06. The van der Waals surface area contributed by atoms with Gasteiger partial charge in [0.2, 0.25) is 0 Å². The standard InChI is InChI=1S/C15H10O4/c16-11-7-18-14-10-6-5-8-3-1-2-4-9(8)13(10)19-15(17)12(11)14/h1-6,11,16H,7H2. The average molecular weight is 254 g/mol. The van der Waals surface area contributed by atoms with Crippen molar-refractivity contribution in [3.8, 4) is 5.75 Å². The summed E-state index contributed by atoms with van der Waals surface area (Å²) in [5.74, 6) is 0.449. The number of rotatable bonds is 0. The van der Waals surface area contributed by atoms with Crippen LogP contribution in [0, 0.1) is 0 Å². The lowest BCUT2D eigenvalue weighted by atomic mass is 10.0. The highest BCUT2D eigenvalue weighted by atomic mass is 16.5. The molecule has 94 valence electrons. The number of fused-ring (bicyclic) bond motifs is 5. The Morgan fingerprint density at radius 1 is 1.11 bits per heavy atom. The number of ether oxygens (including phenoxy) is 1. The van der Waals surface area contributed by atoms with Crippen LogP contribution in [-0.4, -0.2) is 11.7 Å². The predicted molar refractivity (Wildman–Crippen MR) is 70.4 cm³/mol. The fourth-order valence-corrected chi connectivity index (χ4v) is 2.61. The molecule has 19 heavy (non-hydrogen) atoms. The van der Waals surface area contributed by atoms with Crippen molar-refractivity contribution in [3.05, 3.63) is 52.4 Å². The second-order valence-corrected chi connectivity index (χ2v) is 4.62. The van der Waals surface area contributed by atoms with Crippen LogP contribution in [0.3, 0.4) is 0 Å². The highest BCUT2D eigenvalue weighted by Crippen LogP contribution is 2.38. The van der Waals surface area contributed by atoms with E-state index in [1.54, 1.807) is 0 Å². The van der Waals surface area contributed by atoms with E-state index in [4.69, 9.17) is 9.15 Å². The number of hydrogen-bond acceptors (Lipinski definition) is 4. The van der Waals surface area contributed by atoms with Crippen molar-refractivity contribution in [1.29, 1.82) is 0 Å². The Morgan fingerprint density at radius 3 is 2.84 bits per heavy atom. The van der Waals surface area contributed by atoms with Gasteiger partial charge in [-0.1, -0.05) is 30.3 Å². The quantitative estimate of drug-likeness (QED) is 0.494. The van der Waals surface area contributed by atoms with Crippen LogP contribution in [0.25, 0.3) is 21.7 Å². The van der Waals surface area contributed by atoms with Crippen LogP contribution in [0.4, 0.5) is 0 Å². The third kappa shape index (κ3) is 1.34. The van der Waals surface area contributed by atoms with E-state index in [0.717, 1.165) is 16.2 Å². The van der Waals surface area contributed by atoms with Crippen LogP contribution in [-0.2, 0) is 0 Å². The molecule has 1 aliphatic heterocycles. The molecule has 4 rings (SSSR count). The Kier molecular flexibility index (Phi) is 2.00. The molecule has 0 spiro atoms. The van der Waals surface area contributed by atoms with Crippen molar-refractivity contribution in [2.45, 2.75) is 6.10 Å². The van der Waals surface area contributed by atoms with E-state index < -0.39 is 11.7 Å². The Labute approximate surface area is 107 Å². The molecule has 1 unspecified atom stereocenters. The van der Waals surface area contributed by atoms with Gasteiger partial charge >= 0.3 is 5.63 Å². The van der Waals surface area contributed by atoms with Gasteiger partial charge in [-0.05, 0) is 11.5 Å². The molecule has 1 atom stereocenters.